The smallest absolute Gasteiger partial charge is 0.352 e. The molecule has 0 spiro atoms. The fourth-order valence-electron chi connectivity index (χ4n) is 2.15. The van der Waals surface area contributed by atoms with Crippen LogP contribution in [0.3, 0.4) is 0 Å². The number of rotatable bonds is 2. The predicted molar refractivity (Wildman–Crippen MR) is 76.3 cm³/mol. The van der Waals surface area contributed by atoms with Gasteiger partial charge in [0.15, 0.2) is 0 Å². The quantitative estimate of drug-likeness (QED) is 0.571. The minimum absolute atomic E-state index is 0.241. The molecule has 5 nitrogen and oxygen atoms in total. The monoisotopic (exact) mass is 267 g/mol. The van der Waals surface area contributed by atoms with Crippen LogP contribution in [0.2, 0.25) is 0 Å². The lowest BCUT2D eigenvalue weighted by atomic mass is 10.2. The molecule has 0 fully saturated rings. The van der Waals surface area contributed by atoms with E-state index in [0.29, 0.717) is 16.7 Å². The van der Waals surface area contributed by atoms with Crippen molar-refractivity contribution in [3.63, 3.8) is 0 Å². The average Bonchev–Trinajstić information content (AvgIpc) is 2.50. The summed E-state index contributed by atoms with van der Waals surface area (Å²) in [5, 5.41) is 27.6. The highest BCUT2D eigenvalue weighted by Gasteiger charge is 2.22. The van der Waals surface area contributed by atoms with Crippen molar-refractivity contribution in [1.29, 1.82) is 0 Å². The summed E-state index contributed by atoms with van der Waals surface area (Å²) in [6.07, 6.45) is 0. The van der Waals surface area contributed by atoms with Gasteiger partial charge in [0.05, 0.1) is 0 Å². The summed E-state index contributed by atoms with van der Waals surface area (Å²) >= 11 is 0. The molecule has 0 aliphatic rings. The molecule has 1 heterocycles. The zero-order valence-corrected chi connectivity index (χ0v) is 10.9. The number of anilines is 2. The number of nitrogens with zero attached hydrogens (tertiary/aromatic N) is 2. The first-order valence-electron chi connectivity index (χ1n) is 6.25. The number of para-hydroxylation sites is 3. The molecule has 1 aromatic heterocycles. The molecule has 0 aliphatic heterocycles. The molecule has 0 aliphatic carbocycles. The van der Waals surface area contributed by atoms with Crippen LogP contribution in [-0.2, 0) is 0 Å². The molecule has 0 unspecified atom stereocenters. The van der Waals surface area contributed by atoms with Gasteiger partial charge in [0.1, 0.15) is 5.69 Å². The van der Waals surface area contributed by atoms with Gasteiger partial charge in [-0.15, -0.1) is 0 Å². The van der Waals surface area contributed by atoms with Crippen LogP contribution in [0.15, 0.2) is 54.6 Å². The molecule has 100 valence electrons. The van der Waals surface area contributed by atoms with E-state index in [0.717, 1.165) is 15.1 Å². The van der Waals surface area contributed by atoms with Gasteiger partial charge in [-0.25, -0.2) is 10.0 Å². The van der Waals surface area contributed by atoms with Crippen molar-refractivity contribution in [3.05, 3.63) is 70.7 Å². The maximum absolute atomic E-state index is 12.4. The molecule has 0 saturated carbocycles. The summed E-state index contributed by atoms with van der Waals surface area (Å²) in [5.74, 6) is 0.241. The number of benzene rings is 2. The van der Waals surface area contributed by atoms with E-state index >= 15 is 0 Å². The molecule has 0 amide bonds. The van der Waals surface area contributed by atoms with E-state index in [1.807, 2.05) is 30.3 Å². The van der Waals surface area contributed by atoms with Crippen LogP contribution in [0.4, 0.5) is 11.5 Å². The molecule has 0 saturated heterocycles. The van der Waals surface area contributed by atoms with E-state index < -0.39 is 0 Å². The number of fused-ring (bicyclic) bond motifs is 1. The Morgan fingerprint density at radius 3 is 2.00 bits per heavy atom. The van der Waals surface area contributed by atoms with Gasteiger partial charge < -0.3 is 10.4 Å². The molecule has 5 heteroatoms. The third kappa shape index (κ3) is 1.89. The molecule has 0 atom stereocenters. The Morgan fingerprint density at radius 2 is 1.35 bits per heavy atom. The fraction of sp³-hybridized carbons (Fsp3) is 0.0667. The molecule has 20 heavy (non-hydrogen) atoms. The summed E-state index contributed by atoms with van der Waals surface area (Å²) in [7, 11) is 0. The Bertz CT molecular complexity index is 773. The summed E-state index contributed by atoms with van der Waals surface area (Å²) in [6.45, 7) is 1.62. The van der Waals surface area contributed by atoms with Crippen molar-refractivity contribution in [2.45, 2.75) is 6.92 Å². The molecule has 3 aromatic rings. The lowest BCUT2D eigenvalue weighted by Gasteiger charge is -2.14. The Morgan fingerprint density at radius 1 is 0.800 bits per heavy atom. The van der Waals surface area contributed by atoms with E-state index in [1.165, 1.54) is 0 Å². The van der Waals surface area contributed by atoms with Crippen LogP contribution in [0.5, 0.6) is 0 Å². The Balaban J connectivity index is 2.21. The maximum Gasteiger partial charge on any atom is 0.352 e. The summed E-state index contributed by atoms with van der Waals surface area (Å²) in [5.41, 5.74) is 1.79. The largest absolute Gasteiger partial charge is 0.710 e. The Labute approximate surface area is 115 Å². The first-order valence-corrected chi connectivity index (χ1v) is 6.25. The van der Waals surface area contributed by atoms with Gasteiger partial charge >= 0.3 is 5.82 Å². The van der Waals surface area contributed by atoms with Gasteiger partial charge in [-0.1, -0.05) is 30.3 Å². The van der Waals surface area contributed by atoms with Crippen LogP contribution in [0.25, 0.3) is 11.0 Å². The van der Waals surface area contributed by atoms with Crippen molar-refractivity contribution in [2.75, 3.05) is 5.32 Å². The molecule has 2 aromatic carbocycles. The zero-order chi connectivity index (χ0) is 14.1. The highest BCUT2D eigenvalue weighted by atomic mass is 16.5. The molecular formula is C15H13N3O2. The van der Waals surface area contributed by atoms with Gasteiger partial charge in [-0.05, 0) is 18.2 Å². The third-order valence-electron chi connectivity index (χ3n) is 3.21. The van der Waals surface area contributed by atoms with Crippen molar-refractivity contribution < 1.29 is 9.46 Å². The standard InChI is InChI=1S/C15H13N3O2/c1-11-15(16-12-7-3-2-4-8-12)18(20)14-10-6-5-9-13(14)17(11)19/h2-10,16H,1H3. The van der Waals surface area contributed by atoms with Crippen molar-refractivity contribution >= 4 is 22.5 Å². The van der Waals surface area contributed by atoms with Gasteiger partial charge in [0.25, 0.3) is 11.2 Å². The average molecular weight is 267 g/mol. The van der Waals surface area contributed by atoms with Crippen molar-refractivity contribution in [2.24, 2.45) is 0 Å². The molecule has 0 bridgehead atoms. The minimum Gasteiger partial charge on any atom is -0.710 e. The molecule has 0 radical (unpaired) electrons. The van der Waals surface area contributed by atoms with E-state index in [4.69, 9.17) is 0 Å². The highest BCUT2D eigenvalue weighted by Crippen LogP contribution is 2.17. The second-order valence-corrected chi connectivity index (χ2v) is 4.50. The van der Waals surface area contributed by atoms with Gasteiger partial charge in [-0.3, -0.25) is 0 Å². The number of hydrogen-bond acceptors (Lipinski definition) is 3. The normalized spacial score (nSPS) is 10.7. The predicted octanol–water partition coefficient (Wildman–Crippen LogP) is 2.16. The van der Waals surface area contributed by atoms with Gasteiger partial charge in [0.2, 0.25) is 5.52 Å². The molecular weight excluding hydrogens is 254 g/mol. The first kappa shape index (κ1) is 12.2. The van der Waals surface area contributed by atoms with Crippen LogP contribution in [0, 0.1) is 17.3 Å². The number of aromatic nitrogens is 2. The topological polar surface area (TPSA) is 65.9 Å². The van der Waals surface area contributed by atoms with Gasteiger partial charge in [-0.2, -0.15) is 4.73 Å². The van der Waals surface area contributed by atoms with Crippen molar-refractivity contribution in [1.82, 2.24) is 0 Å². The highest BCUT2D eigenvalue weighted by molar-refractivity contribution is 5.69. The lowest BCUT2D eigenvalue weighted by Crippen LogP contribution is -2.43. The van der Waals surface area contributed by atoms with Crippen LogP contribution in [0.1, 0.15) is 5.69 Å². The Hall–Kier alpha value is -2.82. The second-order valence-electron chi connectivity index (χ2n) is 4.50. The number of hydrogen-bond donors (Lipinski definition) is 1. The van der Waals surface area contributed by atoms with E-state index in [9.17, 15) is 10.4 Å². The third-order valence-corrected chi connectivity index (χ3v) is 3.21. The minimum atomic E-state index is 0.241. The second kappa shape index (κ2) is 4.70. The van der Waals surface area contributed by atoms with E-state index in [1.54, 1.807) is 31.2 Å². The zero-order valence-electron chi connectivity index (χ0n) is 10.9. The maximum atomic E-state index is 12.4. The lowest BCUT2D eigenvalue weighted by molar-refractivity contribution is -0.623. The van der Waals surface area contributed by atoms with Crippen LogP contribution >= 0.6 is 0 Å². The molecule has 3 rings (SSSR count). The van der Waals surface area contributed by atoms with Crippen molar-refractivity contribution in [3.8, 4) is 0 Å². The summed E-state index contributed by atoms with van der Waals surface area (Å²) in [6, 6.07) is 16.0. The molecule has 1 N–H and O–H groups in total. The summed E-state index contributed by atoms with van der Waals surface area (Å²) < 4.78 is 1.53. The summed E-state index contributed by atoms with van der Waals surface area (Å²) in [4.78, 5) is 0. The van der Waals surface area contributed by atoms with Gasteiger partial charge in [0, 0.05) is 13.0 Å². The number of nitrogens with one attached hydrogen (secondary N) is 1. The van der Waals surface area contributed by atoms with E-state index in [-0.39, 0.29) is 5.82 Å². The Kier molecular flexibility index (Phi) is 2.87. The SMILES string of the molecule is Cc1c(Nc2ccccc2)[n+]([O-])c2ccccc2[n+]1[O-]. The van der Waals surface area contributed by atoms with Crippen LogP contribution in [-0.4, -0.2) is 0 Å². The van der Waals surface area contributed by atoms with Crippen LogP contribution < -0.4 is 14.8 Å². The first-order chi connectivity index (χ1) is 9.68. The van der Waals surface area contributed by atoms with E-state index in [2.05, 4.69) is 5.32 Å². The fourth-order valence-corrected chi connectivity index (χ4v) is 2.15.